The average molecular weight is 1320 g/mol. The van der Waals surface area contributed by atoms with Crippen LogP contribution in [-0.2, 0) is 18.9 Å². The molecule has 1 aliphatic heterocycles. The number of carboxylic acid groups (broad SMARTS) is 1. The van der Waals surface area contributed by atoms with Crippen molar-refractivity contribution in [3.8, 4) is 28.8 Å². The molecule has 1 atom stereocenters. The number of aromatic nitrogens is 2. The number of phenolic OH excluding ortho intramolecular Hbond substituents is 1. The molecule has 10 aromatic rings. The van der Waals surface area contributed by atoms with Crippen molar-refractivity contribution in [1.29, 1.82) is 0 Å². The SMILES string of the molecule is C1CCOC1.CCOC(C)CBr.COC(=O)c1ccc(-c2noc(-c3cc4c(C)ccc(Cl)c4o3)n2)cc1.COC(=O)c1ccc(/C(N)=N\O)cc1.Cc1ccc(Cl)c(O)c1.Cc1ccc(Cl)c2oc(C(=O)O)cc12.Cc1ccc(Cl)c2occc12. The predicted octanol–water partition coefficient (Wildman–Crippen LogP) is 16.9. The summed E-state index contributed by atoms with van der Waals surface area (Å²) in [5, 5.41) is 38.6. The quantitative estimate of drug-likeness (QED) is 0.0261. The Hall–Kier alpha value is -7.88. The van der Waals surface area contributed by atoms with E-state index in [1.165, 1.54) is 38.7 Å². The molecule has 0 aliphatic carbocycles. The predicted molar refractivity (Wildman–Crippen MR) is 338 cm³/mol. The number of hydrogen-bond donors (Lipinski definition) is 4. The minimum absolute atomic E-state index is 0.00131. The number of hydrogen-bond acceptors (Lipinski definition) is 16. The van der Waals surface area contributed by atoms with Crippen molar-refractivity contribution in [3.63, 3.8) is 0 Å². The molecular formula is C63H63BrCl4N4O14. The number of carbonyl (C=O) groups is 3. The summed E-state index contributed by atoms with van der Waals surface area (Å²) in [5.41, 5.74) is 13.4. The molecule has 86 heavy (non-hydrogen) atoms. The molecule has 1 fully saturated rings. The molecule has 5 N–H and O–H groups in total. The van der Waals surface area contributed by atoms with Gasteiger partial charge in [0.15, 0.2) is 28.3 Å². The number of oxime groups is 1. The Morgan fingerprint density at radius 2 is 1.20 bits per heavy atom. The summed E-state index contributed by atoms with van der Waals surface area (Å²) >= 11 is 26.7. The highest BCUT2D eigenvalue weighted by atomic mass is 79.9. The number of amidine groups is 1. The zero-order chi connectivity index (χ0) is 63.0. The van der Waals surface area contributed by atoms with Gasteiger partial charge in [-0.3, -0.25) is 0 Å². The van der Waals surface area contributed by atoms with Crippen LogP contribution < -0.4 is 5.73 Å². The smallest absolute Gasteiger partial charge is 0.371 e. The van der Waals surface area contributed by atoms with E-state index >= 15 is 0 Å². The number of nitrogens with zero attached hydrogens (tertiary/aromatic N) is 3. The lowest BCUT2D eigenvalue weighted by Crippen LogP contribution is -2.13. The highest BCUT2D eigenvalue weighted by molar-refractivity contribution is 9.09. The topological polar surface area (TPSA) is 266 Å². The maximum Gasteiger partial charge on any atom is 0.371 e. The van der Waals surface area contributed by atoms with Crippen LogP contribution >= 0.6 is 62.3 Å². The van der Waals surface area contributed by atoms with Crippen molar-refractivity contribution in [2.45, 2.75) is 60.5 Å². The molecule has 0 bridgehead atoms. The maximum atomic E-state index is 11.5. The van der Waals surface area contributed by atoms with Crippen LogP contribution in [0.25, 0.3) is 55.9 Å². The van der Waals surface area contributed by atoms with Crippen molar-refractivity contribution in [2.24, 2.45) is 10.9 Å². The first-order valence-corrected chi connectivity index (χ1v) is 28.9. The number of nitrogens with two attached hydrogens (primary N) is 1. The van der Waals surface area contributed by atoms with Gasteiger partial charge in [-0.1, -0.05) is 121 Å². The van der Waals surface area contributed by atoms with E-state index in [9.17, 15) is 14.4 Å². The fourth-order valence-corrected chi connectivity index (χ4v) is 8.48. The molecule has 1 saturated heterocycles. The number of furan rings is 3. The van der Waals surface area contributed by atoms with E-state index in [1.807, 2.05) is 84.0 Å². The summed E-state index contributed by atoms with van der Waals surface area (Å²) in [6.45, 7) is 14.6. The lowest BCUT2D eigenvalue weighted by atomic mass is 10.1. The molecule has 5 heterocycles. The van der Waals surface area contributed by atoms with Gasteiger partial charge in [0.2, 0.25) is 11.6 Å². The summed E-state index contributed by atoms with van der Waals surface area (Å²) in [4.78, 5) is 37.6. The number of aromatic hydroxyl groups is 1. The van der Waals surface area contributed by atoms with Gasteiger partial charge >= 0.3 is 17.9 Å². The number of aryl methyl sites for hydroxylation is 4. The van der Waals surface area contributed by atoms with E-state index in [0.717, 1.165) is 63.6 Å². The van der Waals surface area contributed by atoms with Crippen LogP contribution in [-0.4, -0.2) is 94.8 Å². The number of carbonyl (C=O) groups excluding carboxylic acids is 2. The number of esters is 2. The lowest BCUT2D eigenvalue weighted by molar-refractivity contribution is 0.0592. The number of benzene rings is 6. The number of aromatic carboxylic acids is 1. The second-order valence-corrected chi connectivity index (χ2v) is 20.8. The number of fused-ring (bicyclic) bond motifs is 3. The van der Waals surface area contributed by atoms with Crippen LogP contribution in [0.1, 0.15) is 85.8 Å². The molecule has 1 unspecified atom stereocenters. The fourth-order valence-electron chi connectivity index (χ4n) is 7.56. The van der Waals surface area contributed by atoms with E-state index in [-0.39, 0.29) is 23.2 Å². The zero-order valence-electron chi connectivity index (χ0n) is 48.1. The molecule has 1 aliphatic rings. The van der Waals surface area contributed by atoms with Gasteiger partial charge in [-0.25, -0.2) is 14.4 Å². The van der Waals surface area contributed by atoms with Crippen molar-refractivity contribution < 1.29 is 66.5 Å². The average Bonchev–Trinajstić information content (AvgIpc) is 2.69. The van der Waals surface area contributed by atoms with Gasteiger partial charge in [0.05, 0.1) is 57.8 Å². The van der Waals surface area contributed by atoms with Crippen molar-refractivity contribution in [2.75, 3.05) is 39.4 Å². The molecule has 4 aromatic heterocycles. The van der Waals surface area contributed by atoms with E-state index in [0.29, 0.717) is 71.2 Å². The lowest BCUT2D eigenvalue weighted by Gasteiger charge is -2.04. The Morgan fingerprint density at radius 3 is 1.64 bits per heavy atom. The molecule has 0 spiro atoms. The molecule has 454 valence electrons. The van der Waals surface area contributed by atoms with E-state index in [2.05, 4.69) is 40.7 Å². The molecule has 0 amide bonds. The molecule has 23 heteroatoms. The molecule has 0 radical (unpaired) electrons. The molecule has 6 aromatic carbocycles. The highest BCUT2D eigenvalue weighted by Gasteiger charge is 2.18. The van der Waals surface area contributed by atoms with Gasteiger partial charge in [0.25, 0.3) is 5.89 Å². The first-order valence-electron chi connectivity index (χ1n) is 26.3. The number of methoxy groups -OCH3 is 2. The highest BCUT2D eigenvalue weighted by Crippen LogP contribution is 2.35. The molecule has 11 rings (SSSR count). The maximum absolute atomic E-state index is 11.5. The minimum Gasteiger partial charge on any atom is -0.506 e. The summed E-state index contributed by atoms with van der Waals surface area (Å²) in [6, 6.07) is 34.4. The number of alkyl halides is 1. The van der Waals surface area contributed by atoms with E-state index in [4.69, 9.17) is 94.8 Å². The first-order chi connectivity index (χ1) is 41.1. The molecular weight excluding hydrogens is 1260 g/mol. The van der Waals surface area contributed by atoms with E-state index < -0.39 is 17.9 Å². The standard InChI is InChI=1S/C19H13ClN2O4.C10H7ClO3.C9H7ClO.C9H10N2O3.C7H7ClO.C5H11BrO.C4H8O/c1-10-3-8-14(20)16-13(10)9-15(25-16)18-21-17(22-26-18)11-4-6-12(7-5-11)19(23)24-2;1-5-2-3-7(11)9-6(5)4-8(14-9)10(12)13;1-6-2-3-8(10)9-7(6)4-5-11-9;1-14-9(12)7-4-2-6(3-5-7)8(10)11-13;1-5-2-3-6(8)7(9)4-5;1-3-7-5(2)4-6;1-2-4-5-3-1/h3-9H,1-2H3;2-4H,1H3,(H,12,13);2-5H,1H3;2-5,13H,1H3,(H2,10,11);2-4,9H,1H3;5H,3-4H2,1-2H3;1-4H2. The Kier molecular flexibility index (Phi) is 27.5. The van der Waals surface area contributed by atoms with Gasteiger partial charge in [0.1, 0.15) is 5.75 Å². The second-order valence-electron chi connectivity index (χ2n) is 18.5. The monoisotopic (exact) mass is 1320 g/mol. The third-order valence-electron chi connectivity index (χ3n) is 12.2. The van der Waals surface area contributed by atoms with Gasteiger partial charge in [-0.05, 0) is 149 Å². The van der Waals surface area contributed by atoms with Crippen molar-refractivity contribution >= 4 is 119 Å². The zero-order valence-corrected chi connectivity index (χ0v) is 52.7. The summed E-state index contributed by atoms with van der Waals surface area (Å²) < 4.78 is 40.7. The number of rotatable bonds is 9. The summed E-state index contributed by atoms with van der Waals surface area (Å²) in [6.07, 6.45) is 4.58. The molecule has 18 nitrogen and oxygen atoms in total. The minimum atomic E-state index is -1.09. The number of halogens is 5. The molecule has 0 saturated carbocycles. The van der Waals surface area contributed by atoms with Crippen LogP contribution in [0.5, 0.6) is 5.75 Å². The summed E-state index contributed by atoms with van der Waals surface area (Å²) in [5.74, 6) is -0.758. The Balaban J connectivity index is 0.000000195. The number of ether oxygens (including phenoxy) is 4. The van der Waals surface area contributed by atoms with Gasteiger partial charge in [-0.2, -0.15) is 4.98 Å². The fraction of sp³-hybridized carbons (Fsp3) is 0.238. The number of phenols is 1. The van der Waals surface area contributed by atoms with E-state index in [1.54, 1.807) is 79.1 Å². The third-order valence-corrected chi connectivity index (χ3v) is 14.3. The summed E-state index contributed by atoms with van der Waals surface area (Å²) in [7, 11) is 2.64. The largest absolute Gasteiger partial charge is 0.506 e. The van der Waals surface area contributed by atoms with Crippen molar-refractivity contribution in [1.82, 2.24) is 10.1 Å². The Morgan fingerprint density at radius 1 is 0.686 bits per heavy atom. The Bertz CT molecular complexity index is 3730. The van der Waals surface area contributed by atoms with Gasteiger partial charge < -0.3 is 57.9 Å². The van der Waals surface area contributed by atoms with Crippen LogP contribution in [0, 0.1) is 27.7 Å². The van der Waals surface area contributed by atoms with Crippen molar-refractivity contribution in [3.05, 3.63) is 192 Å². The first kappa shape index (κ1) is 68.9. The van der Waals surface area contributed by atoms with Crippen LogP contribution in [0.2, 0.25) is 20.1 Å². The van der Waals surface area contributed by atoms with Crippen LogP contribution in [0.4, 0.5) is 0 Å². The van der Waals surface area contributed by atoms with Gasteiger partial charge in [-0.15, -0.1) is 0 Å². The normalized spacial score (nSPS) is 11.8. The Labute approximate surface area is 524 Å². The van der Waals surface area contributed by atoms with Gasteiger partial charge in [0, 0.05) is 52.4 Å². The second kappa shape index (κ2) is 34.3. The third kappa shape index (κ3) is 19.8. The van der Waals surface area contributed by atoms with Crippen LogP contribution in [0.15, 0.2) is 151 Å². The number of carboxylic acids is 1. The van der Waals surface area contributed by atoms with Crippen LogP contribution in [0.3, 0.4) is 0 Å².